The van der Waals surface area contributed by atoms with Crippen LogP contribution in [0.5, 0.6) is 0 Å². The second kappa shape index (κ2) is 10.0. The Hall–Kier alpha value is -2.71. The topological polar surface area (TPSA) is 47.3 Å². The van der Waals surface area contributed by atoms with Crippen molar-refractivity contribution in [2.45, 2.75) is 38.8 Å². The predicted molar refractivity (Wildman–Crippen MR) is 107 cm³/mol. The van der Waals surface area contributed by atoms with Gasteiger partial charge in [-0.3, -0.25) is 9.69 Å². The van der Waals surface area contributed by atoms with Crippen molar-refractivity contribution in [3.05, 3.63) is 71.0 Å². The first-order valence-electron chi connectivity index (χ1n) is 9.87. The number of carbonyl (C=O) groups is 1. The maximum atomic E-state index is 13.6. The van der Waals surface area contributed by atoms with Crippen LogP contribution < -0.4 is 0 Å². The SMILES string of the molecule is N#Cc1ccc(CN(CC(=O)N2CCCCCC2)Cc2cccc(F)c2)cc1. The highest BCUT2D eigenvalue weighted by Crippen LogP contribution is 2.15. The van der Waals surface area contributed by atoms with E-state index in [0.29, 0.717) is 25.2 Å². The lowest BCUT2D eigenvalue weighted by molar-refractivity contribution is -0.132. The van der Waals surface area contributed by atoms with Crippen molar-refractivity contribution in [2.24, 2.45) is 0 Å². The molecule has 5 heteroatoms. The van der Waals surface area contributed by atoms with Crippen molar-refractivity contribution in [3.8, 4) is 6.07 Å². The fraction of sp³-hybridized carbons (Fsp3) is 0.391. The van der Waals surface area contributed by atoms with Crippen LogP contribution in [0.2, 0.25) is 0 Å². The Bertz CT molecular complexity index is 820. The normalized spacial score (nSPS) is 14.5. The smallest absolute Gasteiger partial charge is 0.236 e. The van der Waals surface area contributed by atoms with Gasteiger partial charge in [0, 0.05) is 26.2 Å². The maximum Gasteiger partial charge on any atom is 0.236 e. The van der Waals surface area contributed by atoms with Gasteiger partial charge in [-0.2, -0.15) is 5.26 Å². The molecule has 0 saturated carbocycles. The molecule has 0 spiro atoms. The minimum Gasteiger partial charge on any atom is -0.342 e. The molecule has 1 saturated heterocycles. The maximum absolute atomic E-state index is 13.6. The first-order chi connectivity index (χ1) is 13.6. The van der Waals surface area contributed by atoms with Crippen LogP contribution in [-0.2, 0) is 17.9 Å². The first-order valence-corrected chi connectivity index (χ1v) is 9.87. The number of hydrogen-bond acceptors (Lipinski definition) is 3. The van der Waals surface area contributed by atoms with E-state index in [1.165, 1.54) is 25.0 Å². The molecule has 0 bridgehead atoms. The van der Waals surface area contributed by atoms with E-state index in [-0.39, 0.29) is 11.7 Å². The summed E-state index contributed by atoms with van der Waals surface area (Å²) in [4.78, 5) is 16.9. The summed E-state index contributed by atoms with van der Waals surface area (Å²) in [5, 5.41) is 8.97. The molecule has 0 radical (unpaired) electrons. The molecule has 3 rings (SSSR count). The Morgan fingerprint density at radius 2 is 1.68 bits per heavy atom. The highest BCUT2D eigenvalue weighted by Gasteiger charge is 2.19. The summed E-state index contributed by atoms with van der Waals surface area (Å²) in [6.45, 7) is 3.02. The third-order valence-electron chi connectivity index (χ3n) is 5.10. The van der Waals surface area contributed by atoms with Crippen molar-refractivity contribution in [2.75, 3.05) is 19.6 Å². The zero-order chi connectivity index (χ0) is 19.8. The van der Waals surface area contributed by atoms with Gasteiger partial charge in [0.05, 0.1) is 18.2 Å². The second-order valence-electron chi connectivity index (χ2n) is 7.38. The summed E-state index contributed by atoms with van der Waals surface area (Å²) in [7, 11) is 0. The molecule has 1 amide bonds. The van der Waals surface area contributed by atoms with E-state index >= 15 is 0 Å². The third-order valence-corrected chi connectivity index (χ3v) is 5.10. The van der Waals surface area contributed by atoms with Gasteiger partial charge in [-0.1, -0.05) is 37.1 Å². The lowest BCUT2D eigenvalue weighted by atomic mass is 10.1. The van der Waals surface area contributed by atoms with Gasteiger partial charge >= 0.3 is 0 Å². The largest absolute Gasteiger partial charge is 0.342 e. The van der Waals surface area contributed by atoms with Gasteiger partial charge < -0.3 is 4.90 Å². The average molecular weight is 379 g/mol. The van der Waals surface area contributed by atoms with E-state index in [0.717, 1.165) is 37.1 Å². The van der Waals surface area contributed by atoms with Gasteiger partial charge in [-0.15, -0.1) is 0 Å². The number of hydrogen-bond donors (Lipinski definition) is 0. The van der Waals surface area contributed by atoms with Crippen LogP contribution in [0.4, 0.5) is 4.39 Å². The van der Waals surface area contributed by atoms with E-state index in [1.807, 2.05) is 28.0 Å². The van der Waals surface area contributed by atoms with Crippen molar-refractivity contribution in [1.29, 1.82) is 5.26 Å². The van der Waals surface area contributed by atoms with Crippen LogP contribution >= 0.6 is 0 Å². The molecule has 0 N–H and O–H groups in total. The Morgan fingerprint density at radius 1 is 1.00 bits per heavy atom. The third kappa shape index (κ3) is 5.90. The molecule has 0 unspecified atom stereocenters. The van der Waals surface area contributed by atoms with E-state index in [4.69, 9.17) is 5.26 Å². The standard InChI is InChI=1S/C23H26FN3O/c24-22-7-5-6-21(14-22)17-26(16-20-10-8-19(15-25)9-11-20)18-23(28)27-12-3-1-2-4-13-27/h5-11,14H,1-4,12-13,16-18H2. The van der Waals surface area contributed by atoms with Gasteiger partial charge in [0.1, 0.15) is 5.82 Å². The fourth-order valence-corrected chi connectivity index (χ4v) is 3.62. The number of nitrogens with zero attached hydrogens (tertiary/aromatic N) is 3. The molecule has 1 aliphatic rings. The number of halogens is 1. The van der Waals surface area contributed by atoms with Crippen LogP contribution in [0.1, 0.15) is 42.4 Å². The van der Waals surface area contributed by atoms with E-state index < -0.39 is 0 Å². The highest BCUT2D eigenvalue weighted by atomic mass is 19.1. The molecule has 1 heterocycles. The Morgan fingerprint density at radius 3 is 2.32 bits per heavy atom. The van der Waals surface area contributed by atoms with Crippen LogP contribution in [0.15, 0.2) is 48.5 Å². The number of carbonyl (C=O) groups excluding carboxylic acids is 1. The fourth-order valence-electron chi connectivity index (χ4n) is 3.62. The van der Waals surface area contributed by atoms with E-state index in [9.17, 15) is 9.18 Å². The number of benzene rings is 2. The summed E-state index contributed by atoms with van der Waals surface area (Å²) in [6, 6.07) is 16.0. The summed E-state index contributed by atoms with van der Waals surface area (Å²) in [5.41, 5.74) is 2.48. The van der Waals surface area contributed by atoms with E-state index in [2.05, 4.69) is 6.07 Å². The molecule has 0 aliphatic carbocycles. The number of likely N-dealkylation sites (tertiary alicyclic amines) is 1. The minimum absolute atomic E-state index is 0.131. The Labute approximate surface area is 166 Å². The van der Waals surface area contributed by atoms with Crippen LogP contribution in [0.25, 0.3) is 0 Å². The number of amides is 1. The lowest BCUT2D eigenvalue weighted by Crippen LogP contribution is -2.40. The summed E-state index contributed by atoms with van der Waals surface area (Å²) in [6.07, 6.45) is 4.49. The Kier molecular flexibility index (Phi) is 7.16. The summed E-state index contributed by atoms with van der Waals surface area (Å²) < 4.78 is 13.6. The van der Waals surface area contributed by atoms with Crippen molar-refractivity contribution >= 4 is 5.91 Å². The average Bonchev–Trinajstić information content (AvgIpc) is 2.98. The number of nitriles is 1. The predicted octanol–water partition coefficient (Wildman–Crippen LogP) is 4.10. The van der Waals surface area contributed by atoms with Crippen LogP contribution in [0.3, 0.4) is 0 Å². The molecular weight excluding hydrogens is 353 g/mol. The van der Waals surface area contributed by atoms with Crippen molar-refractivity contribution in [3.63, 3.8) is 0 Å². The molecule has 2 aromatic carbocycles. The zero-order valence-corrected chi connectivity index (χ0v) is 16.1. The molecule has 146 valence electrons. The van der Waals surface area contributed by atoms with Crippen LogP contribution in [0, 0.1) is 17.1 Å². The molecular formula is C23H26FN3O. The lowest BCUT2D eigenvalue weighted by Gasteiger charge is -2.27. The van der Waals surface area contributed by atoms with E-state index in [1.54, 1.807) is 18.2 Å². The van der Waals surface area contributed by atoms with Gasteiger partial charge in [0.25, 0.3) is 0 Å². The summed E-state index contributed by atoms with van der Waals surface area (Å²) in [5.74, 6) is -0.137. The van der Waals surface area contributed by atoms with Gasteiger partial charge in [-0.25, -0.2) is 4.39 Å². The van der Waals surface area contributed by atoms with Crippen LogP contribution in [-0.4, -0.2) is 35.3 Å². The van der Waals surface area contributed by atoms with Crippen molar-refractivity contribution < 1.29 is 9.18 Å². The molecule has 1 fully saturated rings. The molecule has 4 nitrogen and oxygen atoms in total. The second-order valence-corrected chi connectivity index (χ2v) is 7.38. The quantitative estimate of drug-likeness (QED) is 0.759. The summed E-state index contributed by atoms with van der Waals surface area (Å²) >= 11 is 0. The zero-order valence-electron chi connectivity index (χ0n) is 16.1. The number of rotatable bonds is 6. The molecule has 2 aromatic rings. The first kappa shape index (κ1) is 20.0. The van der Waals surface area contributed by atoms with Crippen molar-refractivity contribution in [1.82, 2.24) is 9.80 Å². The molecule has 28 heavy (non-hydrogen) atoms. The minimum atomic E-state index is -0.269. The van der Waals surface area contributed by atoms with Gasteiger partial charge in [0.2, 0.25) is 5.91 Å². The molecule has 0 atom stereocenters. The van der Waals surface area contributed by atoms with Gasteiger partial charge in [-0.05, 0) is 48.2 Å². The molecule has 0 aromatic heterocycles. The highest BCUT2D eigenvalue weighted by molar-refractivity contribution is 5.78. The Balaban J connectivity index is 1.72. The van der Waals surface area contributed by atoms with Gasteiger partial charge in [0.15, 0.2) is 0 Å². The molecule has 1 aliphatic heterocycles. The monoisotopic (exact) mass is 379 g/mol.